The molecule has 4 nitrogen and oxygen atoms in total. The number of rotatable bonds is 4. The van der Waals surface area contributed by atoms with E-state index >= 15 is 0 Å². The van der Waals surface area contributed by atoms with Gasteiger partial charge in [-0.25, -0.2) is 0 Å². The molecule has 2 aromatic rings. The number of hydrogen-bond donors (Lipinski definition) is 1. The van der Waals surface area contributed by atoms with E-state index in [1.807, 2.05) is 19.1 Å². The van der Waals surface area contributed by atoms with Gasteiger partial charge in [0, 0.05) is 23.5 Å². The molecule has 4 heteroatoms. The maximum absolute atomic E-state index is 12.2. The average molecular weight is 295 g/mol. The average Bonchev–Trinajstić information content (AvgIpc) is 2.96. The monoisotopic (exact) mass is 295 g/mol. The van der Waals surface area contributed by atoms with Gasteiger partial charge in [-0.15, -0.1) is 0 Å². The second kappa shape index (κ2) is 5.93. The van der Waals surface area contributed by atoms with Crippen LogP contribution >= 0.6 is 0 Å². The highest BCUT2D eigenvalue weighted by atomic mass is 16.7. The first-order valence-electron chi connectivity index (χ1n) is 7.08. The largest absolute Gasteiger partial charge is 0.454 e. The minimum absolute atomic E-state index is 0.0874. The van der Waals surface area contributed by atoms with E-state index in [0.717, 1.165) is 11.3 Å². The van der Waals surface area contributed by atoms with Crippen molar-refractivity contribution in [3.05, 3.63) is 65.4 Å². The first-order valence-corrected chi connectivity index (χ1v) is 7.08. The molecule has 1 N–H and O–H groups in total. The van der Waals surface area contributed by atoms with Crippen LogP contribution in [0.4, 0.5) is 5.69 Å². The molecule has 1 aliphatic rings. The summed E-state index contributed by atoms with van der Waals surface area (Å²) in [6.07, 6.45) is 3.17. The molecular formula is C18H17NO3. The molecule has 0 spiro atoms. The van der Waals surface area contributed by atoms with Crippen molar-refractivity contribution < 1.29 is 14.3 Å². The SMILES string of the molecule is Cc1ccc(N/C=C/C(=O)c2ccc3c(c2)OCO3)c(C)c1. The van der Waals surface area contributed by atoms with Crippen LogP contribution in [0, 0.1) is 13.8 Å². The van der Waals surface area contributed by atoms with Gasteiger partial charge in [-0.1, -0.05) is 17.7 Å². The van der Waals surface area contributed by atoms with E-state index in [4.69, 9.17) is 9.47 Å². The van der Waals surface area contributed by atoms with Gasteiger partial charge in [0.1, 0.15) is 0 Å². The van der Waals surface area contributed by atoms with Crippen molar-refractivity contribution in [2.75, 3.05) is 12.1 Å². The van der Waals surface area contributed by atoms with E-state index < -0.39 is 0 Å². The lowest BCUT2D eigenvalue weighted by Gasteiger charge is -2.06. The second-order valence-corrected chi connectivity index (χ2v) is 5.23. The number of benzene rings is 2. The van der Waals surface area contributed by atoms with Crippen LogP contribution in [0.5, 0.6) is 11.5 Å². The van der Waals surface area contributed by atoms with Gasteiger partial charge in [0.05, 0.1) is 0 Å². The lowest BCUT2D eigenvalue weighted by molar-refractivity contribution is 0.104. The summed E-state index contributed by atoms with van der Waals surface area (Å²) in [7, 11) is 0. The molecule has 112 valence electrons. The van der Waals surface area contributed by atoms with Gasteiger partial charge in [0.2, 0.25) is 6.79 Å². The molecule has 0 unspecified atom stereocenters. The molecule has 3 rings (SSSR count). The van der Waals surface area contributed by atoms with Crippen molar-refractivity contribution in [2.45, 2.75) is 13.8 Å². The second-order valence-electron chi connectivity index (χ2n) is 5.23. The minimum Gasteiger partial charge on any atom is -0.454 e. The zero-order valence-electron chi connectivity index (χ0n) is 12.6. The summed E-state index contributed by atoms with van der Waals surface area (Å²) in [5.41, 5.74) is 3.91. The molecule has 1 aliphatic heterocycles. The first kappa shape index (κ1) is 14.2. The van der Waals surface area contributed by atoms with Crippen LogP contribution in [-0.4, -0.2) is 12.6 Å². The highest BCUT2D eigenvalue weighted by Crippen LogP contribution is 2.32. The van der Waals surface area contributed by atoms with Crippen molar-refractivity contribution in [3.63, 3.8) is 0 Å². The van der Waals surface area contributed by atoms with Gasteiger partial charge in [0.15, 0.2) is 17.3 Å². The Kier molecular flexibility index (Phi) is 3.83. The van der Waals surface area contributed by atoms with E-state index in [1.54, 1.807) is 24.4 Å². The van der Waals surface area contributed by atoms with Crippen LogP contribution < -0.4 is 14.8 Å². The Morgan fingerprint density at radius 2 is 1.91 bits per heavy atom. The number of anilines is 1. The first-order chi connectivity index (χ1) is 10.6. The van der Waals surface area contributed by atoms with Gasteiger partial charge >= 0.3 is 0 Å². The van der Waals surface area contributed by atoms with E-state index in [2.05, 4.69) is 18.3 Å². The smallest absolute Gasteiger partial charge is 0.231 e. The van der Waals surface area contributed by atoms with E-state index in [-0.39, 0.29) is 12.6 Å². The molecule has 0 saturated carbocycles. The number of hydrogen-bond acceptors (Lipinski definition) is 4. The number of nitrogens with one attached hydrogen (secondary N) is 1. The lowest BCUT2D eigenvalue weighted by atomic mass is 10.1. The highest BCUT2D eigenvalue weighted by Gasteiger charge is 2.14. The predicted octanol–water partition coefficient (Wildman–Crippen LogP) is 3.84. The minimum atomic E-state index is -0.0874. The molecule has 0 radical (unpaired) electrons. The molecule has 2 aromatic carbocycles. The molecule has 1 heterocycles. The van der Waals surface area contributed by atoms with Gasteiger partial charge in [-0.05, 0) is 43.7 Å². The Balaban J connectivity index is 1.68. The molecule has 0 aromatic heterocycles. The molecule has 22 heavy (non-hydrogen) atoms. The summed E-state index contributed by atoms with van der Waals surface area (Å²) in [5.74, 6) is 1.20. The molecule has 0 bridgehead atoms. The van der Waals surface area contributed by atoms with E-state index in [1.165, 1.54) is 11.6 Å². The zero-order chi connectivity index (χ0) is 15.5. The molecule has 0 fully saturated rings. The Hall–Kier alpha value is -2.75. The Labute approximate surface area is 129 Å². The van der Waals surface area contributed by atoms with E-state index in [9.17, 15) is 4.79 Å². The zero-order valence-corrected chi connectivity index (χ0v) is 12.6. The van der Waals surface area contributed by atoms with Crippen molar-refractivity contribution in [2.24, 2.45) is 0 Å². The third-order valence-corrected chi connectivity index (χ3v) is 3.51. The van der Waals surface area contributed by atoms with Crippen LogP contribution in [0.25, 0.3) is 0 Å². The van der Waals surface area contributed by atoms with Crippen molar-refractivity contribution in [1.29, 1.82) is 0 Å². The van der Waals surface area contributed by atoms with Crippen molar-refractivity contribution >= 4 is 11.5 Å². The summed E-state index contributed by atoms with van der Waals surface area (Å²) in [6, 6.07) is 11.3. The number of ketones is 1. The fourth-order valence-corrected chi connectivity index (χ4v) is 2.33. The lowest BCUT2D eigenvalue weighted by Crippen LogP contribution is -1.97. The van der Waals surface area contributed by atoms with Gasteiger partial charge in [-0.3, -0.25) is 4.79 Å². The molecule has 0 aliphatic carbocycles. The summed E-state index contributed by atoms with van der Waals surface area (Å²) in [5, 5.41) is 3.14. The Morgan fingerprint density at radius 3 is 2.73 bits per heavy atom. The standard InChI is InChI=1S/C18H17NO3/c1-12-3-5-15(13(2)9-12)19-8-7-16(20)14-4-6-17-18(10-14)22-11-21-17/h3-10,19H,11H2,1-2H3/b8-7+. The molecule has 0 atom stereocenters. The number of allylic oxidation sites excluding steroid dienone is 1. The van der Waals surface area contributed by atoms with Crippen LogP contribution in [0.15, 0.2) is 48.7 Å². The van der Waals surface area contributed by atoms with Gasteiger partial charge < -0.3 is 14.8 Å². The topological polar surface area (TPSA) is 47.6 Å². The maximum Gasteiger partial charge on any atom is 0.231 e. The summed E-state index contributed by atoms with van der Waals surface area (Å²) >= 11 is 0. The number of carbonyl (C=O) groups excluding carboxylic acids is 1. The van der Waals surface area contributed by atoms with Gasteiger partial charge in [0.25, 0.3) is 0 Å². The quantitative estimate of drug-likeness (QED) is 0.687. The predicted molar refractivity (Wildman–Crippen MR) is 85.6 cm³/mol. The normalized spacial score (nSPS) is 12.6. The number of aryl methyl sites for hydroxylation is 2. The third kappa shape index (κ3) is 2.96. The number of ether oxygens (including phenoxy) is 2. The fourth-order valence-electron chi connectivity index (χ4n) is 2.33. The summed E-state index contributed by atoms with van der Waals surface area (Å²) in [6.45, 7) is 4.29. The highest BCUT2D eigenvalue weighted by molar-refractivity contribution is 6.05. The van der Waals surface area contributed by atoms with Crippen LogP contribution in [0.2, 0.25) is 0 Å². The van der Waals surface area contributed by atoms with Crippen LogP contribution in [-0.2, 0) is 0 Å². The maximum atomic E-state index is 12.2. The number of carbonyl (C=O) groups is 1. The van der Waals surface area contributed by atoms with E-state index in [0.29, 0.717) is 17.1 Å². The molecule has 0 saturated heterocycles. The van der Waals surface area contributed by atoms with Crippen LogP contribution in [0.3, 0.4) is 0 Å². The Bertz CT molecular complexity index is 750. The van der Waals surface area contributed by atoms with Crippen molar-refractivity contribution in [1.82, 2.24) is 0 Å². The summed E-state index contributed by atoms with van der Waals surface area (Å²) in [4.78, 5) is 12.2. The number of fused-ring (bicyclic) bond motifs is 1. The molecule has 0 amide bonds. The van der Waals surface area contributed by atoms with Crippen LogP contribution in [0.1, 0.15) is 21.5 Å². The fraction of sp³-hybridized carbons (Fsp3) is 0.167. The van der Waals surface area contributed by atoms with Gasteiger partial charge in [-0.2, -0.15) is 0 Å². The summed E-state index contributed by atoms with van der Waals surface area (Å²) < 4.78 is 10.5. The van der Waals surface area contributed by atoms with Crippen molar-refractivity contribution in [3.8, 4) is 11.5 Å². The third-order valence-electron chi connectivity index (χ3n) is 3.51. The Morgan fingerprint density at radius 1 is 1.09 bits per heavy atom. The molecular weight excluding hydrogens is 278 g/mol.